The van der Waals surface area contributed by atoms with E-state index in [1.54, 1.807) is 0 Å². The summed E-state index contributed by atoms with van der Waals surface area (Å²) in [6.07, 6.45) is 3.37. The van der Waals surface area contributed by atoms with Crippen molar-refractivity contribution in [2.45, 2.75) is 52.7 Å². The Morgan fingerprint density at radius 2 is 1.80 bits per heavy atom. The van der Waals surface area contributed by atoms with E-state index >= 15 is 0 Å². The highest BCUT2D eigenvalue weighted by Gasteiger charge is 2.34. The molecule has 4 rings (SSSR count). The van der Waals surface area contributed by atoms with E-state index in [0.717, 1.165) is 35.3 Å². The molecule has 0 N–H and O–H groups in total. The molecule has 0 saturated heterocycles. The zero-order chi connectivity index (χ0) is 21.3. The van der Waals surface area contributed by atoms with Crippen LogP contribution in [0.4, 0.5) is 0 Å². The van der Waals surface area contributed by atoms with Gasteiger partial charge < -0.3 is 4.74 Å². The number of hydrogen-bond acceptors (Lipinski definition) is 2. The van der Waals surface area contributed by atoms with Gasteiger partial charge in [-0.05, 0) is 54.9 Å². The first-order chi connectivity index (χ1) is 14.5. The molecule has 2 aromatic carbocycles. The molecule has 0 spiro atoms. The summed E-state index contributed by atoms with van der Waals surface area (Å²) < 4.78 is 10.4. The van der Waals surface area contributed by atoms with E-state index < -0.39 is 0 Å². The van der Waals surface area contributed by atoms with Crippen LogP contribution in [0.15, 0.2) is 54.6 Å². The van der Waals surface area contributed by atoms with Gasteiger partial charge in [-0.15, -0.1) is 0 Å². The topological polar surface area (TPSA) is 35.1 Å². The van der Waals surface area contributed by atoms with Crippen LogP contribution in [0.5, 0.6) is 0 Å². The first-order valence-electron chi connectivity index (χ1n) is 11.2. The van der Waals surface area contributed by atoms with Crippen LogP contribution < -0.4 is 4.57 Å². The summed E-state index contributed by atoms with van der Waals surface area (Å²) in [6, 6.07) is 18.5. The van der Waals surface area contributed by atoms with Crippen LogP contribution in [0.25, 0.3) is 22.4 Å². The Hall–Kier alpha value is -2.62. The molecular formula is C26H33N2O2+. The molecule has 0 aliphatic heterocycles. The second-order valence-electron chi connectivity index (χ2n) is 9.18. The van der Waals surface area contributed by atoms with Crippen molar-refractivity contribution in [2.75, 3.05) is 0 Å². The number of ether oxygens (including phenoxy) is 1. The Kier molecular flexibility index (Phi) is 5.94. The highest BCUT2D eigenvalue weighted by Crippen LogP contribution is 2.35. The van der Waals surface area contributed by atoms with E-state index in [1.807, 2.05) is 30.3 Å². The molecule has 0 unspecified atom stereocenters. The number of fused-ring (bicyclic) bond motifs is 1. The van der Waals surface area contributed by atoms with Gasteiger partial charge in [0.1, 0.15) is 6.10 Å². The molecule has 1 saturated carbocycles. The number of carbonyl (C=O) groups is 1. The zero-order valence-electron chi connectivity index (χ0n) is 18.5. The number of esters is 1. The third-order valence-electron chi connectivity index (χ3n) is 6.67. The number of aromatic nitrogens is 2. The Morgan fingerprint density at radius 3 is 2.53 bits per heavy atom. The second kappa shape index (κ2) is 8.63. The molecule has 1 aliphatic carbocycles. The summed E-state index contributed by atoms with van der Waals surface area (Å²) in [5.74, 6) is 2.48. The molecule has 1 aromatic heterocycles. The largest absolute Gasteiger partial charge is 0.459 e. The van der Waals surface area contributed by atoms with Gasteiger partial charge in [0.15, 0.2) is 17.6 Å². The minimum Gasteiger partial charge on any atom is -0.459 e. The number of hydrogen-bond donors (Lipinski definition) is 0. The molecule has 3 aromatic rings. The molecule has 1 aliphatic rings. The highest BCUT2D eigenvalue weighted by molar-refractivity contribution is 5.79. The number of nitrogens with zero attached hydrogens (tertiary/aromatic N) is 2. The van der Waals surface area contributed by atoms with Gasteiger partial charge >= 0.3 is 5.97 Å². The molecule has 0 amide bonds. The summed E-state index contributed by atoms with van der Waals surface area (Å²) in [4.78, 5) is 13.1. The maximum atomic E-state index is 13.1. The van der Waals surface area contributed by atoms with Gasteiger partial charge in [-0.1, -0.05) is 57.5 Å². The normalized spacial score (nSPS) is 21.8. The lowest BCUT2D eigenvalue weighted by Crippen LogP contribution is -2.37. The number of carbonyl (C=O) groups excluding carboxylic acids is 1. The average Bonchev–Trinajstić information content (AvgIpc) is 3.00. The molecular weight excluding hydrogens is 372 g/mol. The lowest BCUT2D eigenvalue weighted by Gasteiger charge is -2.36. The van der Waals surface area contributed by atoms with Gasteiger partial charge in [0, 0.05) is 0 Å². The van der Waals surface area contributed by atoms with Crippen molar-refractivity contribution in [3.05, 3.63) is 54.6 Å². The predicted molar refractivity (Wildman–Crippen MR) is 120 cm³/mol. The molecule has 1 fully saturated rings. The van der Waals surface area contributed by atoms with Crippen LogP contribution in [0.1, 0.15) is 40.0 Å². The Labute approximate surface area is 179 Å². The van der Waals surface area contributed by atoms with Crippen LogP contribution >= 0.6 is 0 Å². The molecule has 4 heteroatoms. The summed E-state index contributed by atoms with van der Waals surface area (Å²) in [7, 11) is 2.06. The number of rotatable bonds is 5. The van der Waals surface area contributed by atoms with Crippen molar-refractivity contribution in [2.24, 2.45) is 24.8 Å². The minimum atomic E-state index is -0.140. The van der Waals surface area contributed by atoms with Gasteiger partial charge in [0.2, 0.25) is 0 Å². The molecule has 1 heterocycles. The van der Waals surface area contributed by atoms with Crippen molar-refractivity contribution in [3.8, 4) is 11.4 Å². The van der Waals surface area contributed by atoms with Crippen LogP contribution in [0, 0.1) is 17.8 Å². The Morgan fingerprint density at radius 1 is 1.10 bits per heavy atom. The fourth-order valence-corrected chi connectivity index (χ4v) is 5.07. The van der Waals surface area contributed by atoms with E-state index in [9.17, 15) is 4.79 Å². The third kappa shape index (κ3) is 4.00. The SMILES string of the molecule is CC(C)[C@H]1CC[C@H](C)C[C@H]1OC(=O)Cn1c(-c2ccccc2)[n+](C)c2ccccc21. The van der Waals surface area contributed by atoms with Crippen LogP contribution in [-0.2, 0) is 23.1 Å². The predicted octanol–water partition coefficient (Wildman–Crippen LogP) is 5.14. The number of para-hydroxylation sites is 2. The molecule has 158 valence electrons. The lowest BCUT2D eigenvalue weighted by atomic mass is 9.75. The van der Waals surface area contributed by atoms with Gasteiger partial charge in [-0.25, -0.2) is 13.9 Å². The van der Waals surface area contributed by atoms with Gasteiger partial charge in [0.25, 0.3) is 5.82 Å². The molecule has 0 bridgehead atoms. The van der Waals surface area contributed by atoms with E-state index in [-0.39, 0.29) is 18.6 Å². The van der Waals surface area contributed by atoms with Gasteiger partial charge in [0.05, 0.1) is 12.6 Å². The Bertz CT molecular complexity index is 1020. The van der Waals surface area contributed by atoms with E-state index in [2.05, 4.69) is 61.2 Å². The maximum absolute atomic E-state index is 13.1. The fraction of sp³-hybridized carbons (Fsp3) is 0.462. The van der Waals surface area contributed by atoms with E-state index in [4.69, 9.17) is 4.74 Å². The summed E-state index contributed by atoms with van der Waals surface area (Å²) in [5, 5.41) is 0. The van der Waals surface area contributed by atoms with Gasteiger partial charge in [-0.3, -0.25) is 0 Å². The average molecular weight is 406 g/mol. The Balaban J connectivity index is 1.66. The van der Waals surface area contributed by atoms with Crippen LogP contribution in [0.2, 0.25) is 0 Å². The fourth-order valence-electron chi connectivity index (χ4n) is 5.07. The summed E-state index contributed by atoms with van der Waals surface area (Å²) in [6.45, 7) is 6.98. The van der Waals surface area contributed by atoms with Crippen LogP contribution in [-0.4, -0.2) is 16.6 Å². The van der Waals surface area contributed by atoms with E-state index in [1.165, 1.54) is 6.42 Å². The number of benzene rings is 2. The zero-order valence-corrected chi connectivity index (χ0v) is 18.5. The number of imidazole rings is 1. The van der Waals surface area contributed by atoms with Gasteiger partial charge in [-0.2, -0.15) is 0 Å². The van der Waals surface area contributed by atoms with Crippen LogP contribution in [0.3, 0.4) is 0 Å². The quantitative estimate of drug-likeness (QED) is 0.435. The molecule has 4 nitrogen and oxygen atoms in total. The second-order valence-corrected chi connectivity index (χ2v) is 9.18. The van der Waals surface area contributed by atoms with Crippen molar-refractivity contribution < 1.29 is 14.1 Å². The minimum absolute atomic E-state index is 0.0250. The molecule has 3 atom stereocenters. The van der Waals surface area contributed by atoms with Crippen molar-refractivity contribution in [1.82, 2.24) is 4.57 Å². The standard InChI is InChI=1S/C26H33N2O2/c1-18(2)21-15-14-19(3)16-24(21)30-25(29)17-28-23-13-9-8-12-22(23)27(4)26(28)20-10-6-5-7-11-20/h5-13,18-19,21,24H,14-17H2,1-4H3/q+1/t19-,21+,24+/m0/s1. The smallest absolute Gasteiger partial charge is 0.348 e. The monoisotopic (exact) mass is 405 g/mol. The van der Waals surface area contributed by atoms with E-state index in [0.29, 0.717) is 17.8 Å². The highest BCUT2D eigenvalue weighted by atomic mass is 16.5. The first kappa shape index (κ1) is 20.6. The third-order valence-corrected chi connectivity index (χ3v) is 6.67. The maximum Gasteiger partial charge on any atom is 0.348 e. The molecule has 30 heavy (non-hydrogen) atoms. The van der Waals surface area contributed by atoms with Crippen molar-refractivity contribution in [3.63, 3.8) is 0 Å². The first-order valence-corrected chi connectivity index (χ1v) is 11.2. The lowest BCUT2D eigenvalue weighted by molar-refractivity contribution is -0.634. The summed E-state index contributed by atoms with van der Waals surface area (Å²) >= 11 is 0. The van der Waals surface area contributed by atoms with Crippen molar-refractivity contribution in [1.29, 1.82) is 0 Å². The summed E-state index contributed by atoms with van der Waals surface area (Å²) in [5.41, 5.74) is 3.25. The van der Waals surface area contributed by atoms with Crippen molar-refractivity contribution >= 4 is 17.0 Å². The number of aryl methyl sites for hydroxylation is 1. The molecule has 0 radical (unpaired) electrons.